The first kappa shape index (κ1) is 16.9. The van der Waals surface area contributed by atoms with E-state index in [1.54, 1.807) is 24.3 Å². The molecule has 0 fully saturated rings. The second-order valence-electron chi connectivity index (χ2n) is 4.88. The normalized spacial score (nSPS) is 11.3. The van der Waals surface area contributed by atoms with Crippen LogP contribution in [-0.2, 0) is 15.5 Å². The molecule has 112 valence electrons. The molecule has 0 bridgehead atoms. The lowest BCUT2D eigenvalue weighted by Gasteiger charge is -2.07. The molecule has 0 aliphatic carbocycles. The van der Waals surface area contributed by atoms with Gasteiger partial charge in [0.25, 0.3) is 0 Å². The van der Waals surface area contributed by atoms with Crippen molar-refractivity contribution in [3.05, 3.63) is 29.8 Å². The van der Waals surface area contributed by atoms with Gasteiger partial charge in [-0.15, -0.1) is 0 Å². The molecular formula is C14H22NO4P. The van der Waals surface area contributed by atoms with Crippen molar-refractivity contribution in [2.24, 2.45) is 0 Å². The van der Waals surface area contributed by atoms with Crippen LogP contribution < -0.4 is 5.32 Å². The summed E-state index contributed by atoms with van der Waals surface area (Å²) in [5, 5.41) is 2.78. The molecule has 0 saturated heterocycles. The monoisotopic (exact) mass is 299 g/mol. The highest BCUT2D eigenvalue weighted by atomic mass is 31.2. The number of unbranched alkanes of at least 4 members (excludes halogenated alkanes) is 3. The zero-order valence-electron chi connectivity index (χ0n) is 11.7. The predicted octanol–water partition coefficient (Wildman–Crippen LogP) is 3.27. The van der Waals surface area contributed by atoms with E-state index >= 15 is 0 Å². The summed E-state index contributed by atoms with van der Waals surface area (Å²) in [4.78, 5) is 29.4. The molecule has 0 aromatic heterocycles. The lowest BCUT2D eigenvalue weighted by Crippen LogP contribution is -2.10. The third-order valence-electron chi connectivity index (χ3n) is 2.88. The van der Waals surface area contributed by atoms with Gasteiger partial charge in [0.1, 0.15) is 0 Å². The summed E-state index contributed by atoms with van der Waals surface area (Å²) >= 11 is 0. The van der Waals surface area contributed by atoms with Crippen LogP contribution in [0.5, 0.6) is 0 Å². The summed E-state index contributed by atoms with van der Waals surface area (Å²) in [5.41, 5.74) is 1.21. The molecule has 0 saturated carbocycles. The van der Waals surface area contributed by atoms with Crippen molar-refractivity contribution in [3.63, 3.8) is 0 Å². The minimum atomic E-state index is -4.04. The summed E-state index contributed by atoms with van der Waals surface area (Å²) in [6.45, 7) is 2.12. The molecule has 5 nitrogen and oxygen atoms in total. The van der Waals surface area contributed by atoms with Crippen LogP contribution in [0.25, 0.3) is 0 Å². The number of carbonyl (C=O) groups is 1. The molecule has 3 N–H and O–H groups in total. The van der Waals surface area contributed by atoms with E-state index in [0.717, 1.165) is 25.7 Å². The first-order valence-corrected chi connectivity index (χ1v) is 8.64. The van der Waals surface area contributed by atoms with Crippen molar-refractivity contribution in [1.82, 2.24) is 0 Å². The van der Waals surface area contributed by atoms with Gasteiger partial charge in [-0.1, -0.05) is 38.3 Å². The van der Waals surface area contributed by atoms with Gasteiger partial charge in [0, 0.05) is 12.1 Å². The van der Waals surface area contributed by atoms with E-state index in [0.29, 0.717) is 17.7 Å². The Morgan fingerprint density at radius 1 is 1.15 bits per heavy atom. The maximum atomic E-state index is 11.7. The van der Waals surface area contributed by atoms with Crippen LogP contribution in [0, 0.1) is 0 Å². The van der Waals surface area contributed by atoms with Crippen LogP contribution in [-0.4, -0.2) is 15.7 Å². The van der Waals surface area contributed by atoms with E-state index in [1.165, 1.54) is 0 Å². The highest BCUT2D eigenvalue weighted by Gasteiger charge is 2.13. The molecular weight excluding hydrogens is 277 g/mol. The number of nitrogens with one attached hydrogen (secondary N) is 1. The van der Waals surface area contributed by atoms with Gasteiger partial charge in [-0.2, -0.15) is 0 Å². The van der Waals surface area contributed by atoms with E-state index in [2.05, 4.69) is 12.2 Å². The van der Waals surface area contributed by atoms with Crippen LogP contribution in [0.2, 0.25) is 0 Å². The fraction of sp³-hybridized carbons (Fsp3) is 0.500. The van der Waals surface area contributed by atoms with Gasteiger partial charge in [0.15, 0.2) is 0 Å². The van der Waals surface area contributed by atoms with Crippen LogP contribution >= 0.6 is 7.60 Å². The number of hydrogen-bond acceptors (Lipinski definition) is 2. The quantitative estimate of drug-likeness (QED) is 0.508. The molecule has 0 aliphatic rings. The molecule has 1 aromatic rings. The number of carbonyl (C=O) groups excluding carboxylic acids is 1. The maximum Gasteiger partial charge on any atom is 0.329 e. The summed E-state index contributed by atoms with van der Waals surface area (Å²) in [6.07, 6.45) is 4.45. The molecule has 1 aromatic carbocycles. The number of rotatable bonds is 8. The molecule has 0 spiro atoms. The SMILES string of the molecule is CCCCCCC(=O)Nc1ccc(CP(=O)(O)O)cc1. The number of benzene rings is 1. The number of hydrogen-bond donors (Lipinski definition) is 3. The van der Waals surface area contributed by atoms with Crippen molar-refractivity contribution in [1.29, 1.82) is 0 Å². The molecule has 1 rings (SSSR count). The predicted molar refractivity (Wildman–Crippen MR) is 79.6 cm³/mol. The van der Waals surface area contributed by atoms with Gasteiger partial charge in [-0.25, -0.2) is 0 Å². The molecule has 0 unspecified atom stereocenters. The van der Waals surface area contributed by atoms with E-state index in [1.807, 2.05) is 0 Å². The topological polar surface area (TPSA) is 86.6 Å². The van der Waals surface area contributed by atoms with Crippen molar-refractivity contribution in [2.75, 3.05) is 5.32 Å². The Bertz CT molecular complexity index is 467. The second kappa shape index (κ2) is 8.20. The minimum absolute atomic E-state index is 0.0242. The summed E-state index contributed by atoms with van der Waals surface area (Å²) in [5.74, 6) is -0.0242. The average molecular weight is 299 g/mol. The molecule has 1 amide bonds. The smallest absolute Gasteiger partial charge is 0.326 e. The fourth-order valence-electron chi connectivity index (χ4n) is 1.87. The van der Waals surface area contributed by atoms with Gasteiger partial charge < -0.3 is 15.1 Å². The first-order valence-electron chi connectivity index (χ1n) is 6.84. The molecule has 0 heterocycles. The van der Waals surface area contributed by atoms with Gasteiger partial charge >= 0.3 is 7.60 Å². The van der Waals surface area contributed by atoms with Crippen LogP contribution in [0.4, 0.5) is 5.69 Å². The Labute approximate surface area is 119 Å². The first-order chi connectivity index (χ1) is 9.40. The van der Waals surface area contributed by atoms with Crippen molar-refractivity contribution < 1.29 is 19.1 Å². The number of amides is 1. The summed E-state index contributed by atoms with van der Waals surface area (Å²) < 4.78 is 10.9. The van der Waals surface area contributed by atoms with Crippen LogP contribution in [0.15, 0.2) is 24.3 Å². The largest absolute Gasteiger partial charge is 0.329 e. The highest BCUT2D eigenvalue weighted by molar-refractivity contribution is 7.50. The molecule has 0 radical (unpaired) electrons. The third-order valence-corrected chi connectivity index (χ3v) is 3.66. The lowest BCUT2D eigenvalue weighted by atomic mass is 10.1. The maximum absolute atomic E-state index is 11.7. The van der Waals surface area contributed by atoms with Crippen LogP contribution in [0.3, 0.4) is 0 Å². The minimum Gasteiger partial charge on any atom is -0.326 e. The van der Waals surface area contributed by atoms with Gasteiger partial charge in [-0.3, -0.25) is 9.36 Å². The number of anilines is 1. The molecule has 6 heteroatoms. The highest BCUT2D eigenvalue weighted by Crippen LogP contribution is 2.39. The van der Waals surface area contributed by atoms with E-state index in [-0.39, 0.29) is 12.1 Å². The Balaban J connectivity index is 2.41. The Kier molecular flexibility index (Phi) is 6.93. The van der Waals surface area contributed by atoms with Crippen molar-refractivity contribution in [3.8, 4) is 0 Å². The lowest BCUT2D eigenvalue weighted by molar-refractivity contribution is -0.116. The zero-order chi connectivity index (χ0) is 15.0. The van der Waals surface area contributed by atoms with Gasteiger partial charge in [0.2, 0.25) is 5.91 Å². The molecule has 20 heavy (non-hydrogen) atoms. The Hall–Kier alpha value is -1.16. The van der Waals surface area contributed by atoms with E-state index in [9.17, 15) is 9.36 Å². The van der Waals surface area contributed by atoms with Gasteiger partial charge in [0.05, 0.1) is 6.16 Å². The van der Waals surface area contributed by atoms with Crippen molar-refractivity contribution in [2.45, 2.75) is 45.2 Å². The fourth-order valence-corrected chi connectivity index (χ4v) is 2.55. The van der Waals surface area contributed by atoms with Gasteiger partial charge in [-0.05, 0) is 24.1 Å². The van der Waals surface area contributed by atoms with Crippen LogP contribution in [0.1, 0.15) is 44.6 Å². The molecule has 0 atom stereocenters. The van der Waals surface area contributed by atoms with Crippen molar-refractivity contribution >= 4 is 19.2 Å². The summed E-state index contributed by atoms with van der Waals surface area (Å²) in [6, 6.07) is 6.56. The van der Waals surface area contributed by atoms with E-state index < -0.39 is 7.60 Å². The zero-order valence-corrected chi connectivity index (χ0v) is 12.6. The standard InChI is InChI=1S/C14H22NO4P/c1-2-3-4-5-6-14(16)15-13-9-7-12(8-10-13)11-20(17,18)19/h7-10H,2-6,11H2,1H3,(H,15,16)(H2,17,18,19). The Morgan fingerprint density at radius 3 is 2.35 bits per heavy atom. The second-order valence-corrected chi connectivity index (χ2v) is 6.52. The molecule has 0 aliphatic heterocycles. The average Bonchev–Trinajstić information content (AvgIpc) is 2.35. The third kappa shape index (κ3) is 7.43. The Morgan fingerprint density at radius 2 is 1.80 bits per heavy atom. The van der Waals surface area contributed by atoms with E-state index in [4.69, 9.17) is 9.79 Å². The summed E-state index contributed by atoms with van der Waals surface area (Å²) in [7, 11) is -4.04.